The molecule has 1 unspecified atom stereocenters. The van der Waals surface area contributed by atoms with Crippen LogP contribution in [0.15, 0.2) is 24.3 Å². The van der Waals surface area contributed by atoms with E-state index in [4.69, 9.17) is 11.6 Å². The highest BCUT2D eigenvalue weighted by atomic mass is 35.5. The summed E-state index contributed by atoms with van der Waals surface area (Å²) in [6, 6.07) is 8.70. The Balaban J connectivity index is 1.86. The summed E-state index contributed by atoms with van der Waals surface area (Å²) in [5.41, 5.74) is 1.70. The number of benzene rings is 1. The predicted octanol–water partition coefficient (Wildman–Crippen LogP) is 4.13. The number of likely N-dealkylation sites (N-methyl/N-ethyl adjacent to an activating group) is 1. The molecule has 0 radical (unpaired) electrons. The van der Waals surface area contributed by atoms with Gasteiger partial charge in [0.2, 0.25) is 0 Å². The molecule has 1 aliphatic carbocycles. The minimum absolute atomic E-state index is 0.354. The van der Waals surface area contributed by atoms with Gasteiger partial charge in [0.1, 0.15) is 0 Å². The average molecular weight is 309 g/mol. The van der Waals surface area contributed by atoms with Crippen molar-refractivity contribution in [1.29, 1.82) is 0 Å². The predicted molar refractivity (Wildman–Crippen MR) is 92.1 cm³/mol. The van der Waals surface area contributed by atoms with Gasteiger partial charge in [0.05, 0.1) is 0 Å². The van der Waals surface area contributed by atoms with Gasteiger partial charge in [-0.05, 0) is 58.0 Å². The maximum absolute atomic E-state index is 5.94. The maximum Gasteiger partial charge on any atom is 0.0406 e. The first-order chi connectivity index (χ1) is 10.0. The van der Waals surface area contributed by atoms with Crippen molar-refractivity contribution in [3.63, 3.8) is 0 Å². The smallest absolute Gasteiger partial charge is 0.0406 e. The molecular weight excluding hydrogens is 280 g/mol. The van der Waals surface area contributed by atoms with Crippen LogP contribution >= 0.6 is 11.6 Å². The van der Waals surface area contributed by atoms with Crippen molar-refractivity contribution in [2.45, 2.75) is 57.0 Å². The summed E-state index contributed by atoms with van der Waals surface area (Å²) in [5.74, 6) is 0. The normalized spacial score (nSPS) is 19.7. The van der Waals surface area contributed by atoms with E-state index in [1.165, 1.54) is 37.7 Å². The lowest BCUT2D eigenvalue weighted by Gasteiger charge is -2.44. The van der Waals surface area contributed by atoms with E-state index < -0.39 is 0 Å². The molecule has 1 aliphatic rings. The molecule has 0 saturated heterocycles. The van der Waals surface area contributed by atoms with E-state index in [-0.39, 0.29) is 0 Å². The lowest BCUT2D eigenvalue weighted by molar-refractivity contribution is 0.0958. The first-order valence-corrected chi connectivity index (χ1v) is 8.55. The van der Waals surface area contributed by atoms with Gasteiger partial charge in [0.15, 0.2) is 0 Å². The number of hydrogen-bond acceptors (Lipinski definition) is 2. The van der Waals surface area contributed by atoms with Crippen LogP contribution in [0.3, 0.4) is 0 Å². The van der Waals surface area contributed by atoms with Gasteiger partial charge in [-0.2, -0.15) is 0 Å². The summed E-state index contributed by atoms with van der Waals surface area (Å²) in [5, 5.41) is 4.58. The summed E-state index contributed by atoms with van der Waals surface area (Å²) in [4.78, 5) is 2.44. The second-order valence-electron chi connectivity index (χ2n) is 6.79. The van der Waals surface area contributed by atoms with Gasteiger partial charge >= 0.3 is 0 Å². The van der Waals surface area contributed by atoms with Gasteiger partial charge in [-0.25, -0.2) is 0 Å². The molecule has 2 nitrogen and oxygen atoms in total. The molecular formula is C18H29ClN2. The van der Waals surface area contributed by atoms with Crippen molar-refractivity contribution in [3.8, 4) is 0 Å². The van der Waals surface area contributed by atoms with E-state index >= 15 is 0 Å². The Kier molecular flexibility index (Phi) is 6.09. The van der Waals surface area contributed by atoms with Crippen molar-refractivity contribution in [1.82, 2.24) is 10.2 Å². The lowest BCUT2D eigenvalue weighted by atomic mass is 9.80. The Hall–Kier alpha value is -0.570. The minimum Gasteiger partial charge on any atom is -0.312 e. The zero-order valence-electron chi connectivity index (χ0n) is 13.7. The van der Waals surface area contributed by atoms with Crippen LogP contribution in [0.25, 0.3) is 0 Å². The average Bonchev–Trinajstić information content (AvgIpc) is 2.48. The molecule has 1 fully saturated rings. The summed E-state index contributed by atoms with van der Waals surface area (Å²) >= 11 is 5.94. The Labute approximate surface area is 134 Å². The summed E-state index contributed by atoms with van der Waals surface area (Å²) in [6.45, 7) is 3.37. The fourth-order valence-corrected chi connectivity index (χ4v) is 3.53. The third kappa shape index (κ3) is 4.70. The second kappa shape index (κ2) is 7.62. The molecule has 0 aromatic heterocycles. The fraction of sp³-hybridized carbons (Fsp3) is 0.667. The van der Waals surface area contributed by atoms with Gasteiger partial charge < -0.3 is 10.2 Å². The molecule has 0 spiro atoms. The van der Waals surface area contributed by atoms with Crippen LogP contribution in [-0.4, -0.2) is 37.1 Å². The van der Waals surface area contributed by atoms with Crippen LogP contribution in [0.2, 0.25) is 5.02 Å². The molecule has 118 valence electrons. The zero-order chi connectivity index (χ0) is 15.3. The van der Waals surface area contributed by atoms with Crippen molar-refractivity contribution in [2.24, 2.45) is 0 Å². The maximum atomic E-state index is 5.94. The van der Waals surface area contributed by atoms with E-state index in [1.54, 1.807) is 0 Å². The molecule has 1 saturated carbocycles. The number of nitrogens with zero attached hydrogens (tertiary/aromatic N) is 1. The molecule has 1 aromatic rings. The fourth-order valence-electron chi connectivity index (χ4n) is 3.40. The molecule has 1 aromatic carbocycles. The second-order valence-corrected chi connectivity index (χ2v) is 7.23. The largest absolute Gasteiger partial charge is 0.312 e. The minimum atomic E-state index is 0.354. The SMILES string of the molecule is CC(Cc1ccc(Cl)cc1)NCC1(N(C)C)CCCCC1. The molecule has 21 heavy (non-hydrogen) atoms. The Morgan fingerprint density at radius 2 is 1.76 bits per heavy atom. The van der Waals surface area contributed by atoms with Crippen molar-refractivity contribution in [3.05, 3.63) is 34.9 Å². The van der Waals surface area contributed by atoms with Crippen molar-refractivity contribution in [2.75, 3.05) is 20.6 Å². The van der Waals surface area contributed by atoms with E-state index in [1.807, 2.05) is 12.1 Å². The quantitative estimate of drug-likeness (QED) is 0.850. The van der Waals surface area contributed by atoms with Crippen LogP contribution in [-0.2, 0) is 6.42 Å². The standard InChI is InChI=1S/C18H29ClN2/c1-15(13-16-7-9-17(19)10-8-16)20-14-18(21(2)3)11-5-4-6-12-18/h7-10,15,20H,4-6,11-14H2,1-3H3. The molecule has 1 N–H and O–H groups in total. The lowest BCUT2D eigenvalue weighted by Crippen LogP contribution is -2.54. The van der Waals surface area contributed by atoms with Gasteiger partial charge in [-0.1, -0.05) is 43.0 Å². The van der Waals surface area contributed by atoms with E-state index in [9.17, 15) is 0 Å². The molecule has 2 rings (SSSR count). The number of halogens is 1. The number of hydrogen-bond donors (Lipinski definition) is 1. The first-order valence-electron chi connectivity index (χ1n) is 8.17. The molecule has 0 heterocycles. The highest BCUT2D eigenvalue weighted by Gasteiger charge is 2.33. The third-order valence-electron chi connectivity index (χ3n) is 4.97. The van der Waals surface area contributed by atoms with Crippen LogP contribution in [0.5, 0.6) is 0 Å². The molecule has 1 atom stereocenters. The molecule has 0 aliphatic heterocycles. The van der Waals surface area contributed by atoms with Crippen LogP contribution < -0.4 is 5.32 Å². The number of rotatable bonds is 6. The van der Waals surface area contributed by atoms with Gasteiger partial charge in [-0.15, -0.1) is 0 Å². The van der Waals surface area contributed by atoms with Crippen LogP contribution in [0.4, 0.5) is 0 Å². The highest BCUT2D eigenvalue weighted by molar-refractivity contribution is 6.30. The first kappa shape index (κ1) is 16.8. The summed E-state index contributed by atoms with van der Waals surface area (Å²) < 4.78 is 0. The van der Waals surface area contributed by atoms with Crippen molar-refractivity contribution >= 4 is 11.6 Å². The van der Waals surface area contributed by atoms with E-state index in [2.05, 4.69) is 43.4 Å². The van der Waals surface area contributed by atoms with Crippen LogP contribution in [0, 0.1) is 0 Å². The molecule has 3 heteroatoms. The highest BCUT2D eigenvalue weighted by Crippen LogP contribution is 2.31. The van der Waals surface area contributed by atoms with E-state index in [0.717, 1.165) is 18.0 Å². The van der Waals surface area contributed by atoms with Crippen LogP contribution in [0.1, 0.15) is 44.6 Å². The van der Waals surface area contributed by atoms with Gasteiger partial charge in [0.25, 0.3) is 0 Å². The monoisotopic (exact) mass is 308 g/mol. The van der Waals surface area contributed by atoms with Gasteiger partial charge in [0, 0.05) is 23.1 Å². The van der Waals surface area contributed by atoms with Gasteiger partial charge in [-0.3, -0.25) is 0 Å². The zero-order valence-corrected chi connectivity index (χ0v) is 14.4. The molecule has 0 amide bonds. The Morgan fingerprint density at radius 1 is 1.14 bits per heavy atom. The van der Waals surface area contributed by atoms with E-state index in [0.29, 0.717) is 11.6 Å². The third-order valence-corrected chi connectivity index (χ3v) is 5.22. The summed E-state index contributed by atoms with van der Waals surface area (Å²) in [7, 11) is 4.47. The van der Waals surface area contributed by atoms with Crippen molar-refractivity contribution < 1.29 is 0 Å². The summed E-state index contributed by atoms with van der Waals surface area (Å²) in [6.07, 6.45) is 7.83. The molecule has 0 bridgehead atoms. The Bertz CT molecular complexity index is 421. The topological polar surface area (TPSA) is 15.3 Å². The Morgan fingerprint density at radius 3 is 2.33 bits per heavy atom. The number of nitrogens with one attached hydrogen (secondary N) is 1.